The van der Waals surface area contributed by atoms with Gasteiger partial charge in [-0.2, -0.15) is 0 Å². The van der Waals surface area contributed by atoms with Crippen LogP contribution in [0.3, 0.4) is 0 Å². The first-order valence-corrected chi connectivity index (χ1v) is 11.7. The van der Waals surface area contributed by atoms with Crippen molar-refractivity contribution in [2.75, 3.05) is 18.4 Å². The smallest absolute Gasteiger partial charge is 0.170 e. The van der Waals surface area contributed by atoms with Crippen molar-refractivity contribution in [2.24, 2.45) is 0 Å². The third-order valence-electron chi connectivity index (χ3n) is 5.99. The van der Waals surface area contributed by atoms with Crippen molar-refractivity contribution in [3.8, 4) is 5.69 Å². The number of thiocarbonyl (C=S) groups is 1. The van der Waals surface area contributed by atoms with Gasteiger partial charge < -0.3 is 20.1 Å². The molecule has 0 aliphatic carbocycles. The average molecular weight is 454 g/mol. The maximum Gasteiger partial charge on any atom is 0.170 e. The Morgan fingerprint density at radius 1 is 0.909 bits per heavy atom. The molecular formula is C27H27N5S. The lowest BCUT2D eigenvalue weighted by molar-refractivity contribution is 0.316. The minimum Gasteiger partial charge on any atom is -0.385 e. The zero-order chi connectivity index (χ0) is 22.5. The first-order chi connectivity index (χ1) is 16.3. The van der Waals surface area contributed by atoms with Gasteiger partial charge in [0.15, 0.2) is 5.11 Å². The van der Waals surface area contributed by atoms with E-state index in [2.05, 4.69) is 86.0 Å². The van der Waals surface area contributed by atoms with Gasteiger partial charge in [-0.15, -0.1) is 0 Å². The van der Waals surface area contributed by atoms with E-state index < -0.39 is 0 Å². The van der Waals surface area contributed by atoms with Gasteiger partial charge in [-0.3, -0.25) is 4.98 Å². The van der Waals surface area contributed by atoms with E-state index in [9.17, 15) is 0 Å². The van der Waals surface area contributed by atoms with Crippen molar-refractivity contribution >= 4 is 23.0 Å². The fourth-order valence-electron chi connectivity index (χ4n) is 4.40. The summed E-state index contributed by atoms with van der Waals surface area (Å²) in [7, 11) is 0. The van der Waals surface area contributed by atoms with Gasteiger partial charge in [0, 0.05) is 43.1 Å². The zero-order valence-electron chi connectivity index (χ0n) is 18.3. The molecule has 3 heterocycles. The van der Waals surface area contributed by atoms with Crippen molar-refractivity contribution < 1.29 is 0 Å². The van der Waals surface area contributed by atoms with E-state index in [0.717, 1.165) is 41.7 Å². The minimum absolute atomic E-state index is 0.00686. The van der Waals surface area contributed by atoms with Gasteiger partial charge in [-0.05, 0) is 66.7 Å². The number of hydrogen-bond donors (Lipinski definition) is 2. The summed E-state index contributed by atoms with van der Waals surface area (Å²) in [4.78, 5) is 6.95. The summed E-state index contributed by atoms with van der Waals surface area (Å²) in [5.74, 6) is 0. The molecule has 1 saturated heterocycles. The van der Waals surface area contributed by atoms with Gasteiger partial charge in [-0.25, -0.2) is 0 Å². The number of anilines is 1. The topological polar surface area (TPSA) is 45.1 Å². The van der Waals surface area contributed by atoms with Crippen LogP contribution in [-0.4, -0.2) is 32.7 Å². The largest absolute Gasteiger partial charge is 0.385 e. The molecule has 0 radical (unpaired) electrons. The summed E-state index contributed by atoms with van der Waals surface area (Å²) >= 11 is 5.80. The van der Waals surface area contributed by atoms with E-state index in [-0.39, 0.29) is 12.1 Å². The van der Waals surface area contributed by atoms with Crippen LogP contribution in [0.1, 0.15) is 29.8 Å². The Labute approximate surface area is 200 Å². The number of nitrogens with zero attached hydrogens (tertiary/aromatic N) is 3. The molecule has 2 aromatic heterocycles. The maximum absolute atomic E-state index is 5.80. The average Bonchev–Trinajstić information content (AvgIpc) is 3.48. The quantitative estimate of drug-likeness (QED) is 0.278. The van der Waals surface area contributed by atoms with Crippen LogP contribution in [0.5, 0.6) is 0 Å². The molecule has 1 aliphatic rings. The van der Waals surface area contributed by atoms with Crippen molar-refractivity contribution in [2.45, 2.75) is 18.5 Å². The predicted molar refractivity (Wildman–Crippen MR) is 137 cm³/mol. The summed E-state index contributed by atoms with van der Waals surface area (Å²) in [5.41, 5.74) is 4.51. The van der Waals surface area contributed by atoms with Crippen LogP contribution in [0.15, 0.2) is 104 Å². The lowest BCUT2D eigenvalue weighted by Crippen LogP contribution is -2.31. The van der Waals surface area contributed by atoms with Crippen molar-refractivity contribution in [3.05, 3.63) is 115 Å². The number of benzene rings is 2. The number of pyridine rings is 1. The second-order valence-electron chi connectivity index (χ2n) is 8.15. The number of nitrogens with one attached hydrogen (secondary N) is 2. The molecule has 2 N–H and O–H groups in total. The molecule has 0 bridgehead atoms. The number of rotatable bonds is 8. The van der Waals surface area contributed by atoms with Crippen molar-refractivity contribution in [1.82, 2.24) is 19.8 Å². The Balaban J connectivity index is 1.37. The number of hydrogen-bond acceptors (Lipinski definition) is 3. The Morgan fingerprint density at radius 3 is 2.42 bits per heavy atom. The standard InChI is InChI=1S/C27H27N5S/c33-27-30-25(24-14-7-8-16-29-24)26(21-15-19-31(20-21)23-12-5-2-6-13-23)32(27)18-9-17-28-22-10-3-1-4-11-22/h1-8,10-16,19-20,25-26,28H,9,17-18H2,(H,30,33)/t25-,26-/m1/s1. The monoisotopic (exact) mass is 453 g/mol. The Morgan fingerprint density at radius 2 is 1.67 bits per heavy atom. The Kier molecular flexibility index (Phi) is 6.35. The van der Waals surface area contributed by atoms with E-state index in [1.165, 1.54) is 5.56 Å². The molecule has 5 nitrogen and oxygen atoms in total. The summed E-state index contributed by atoms with van der Waals surface area (Å²) in [6, 6.07) is 29.0. The predicted octanol–water partition coefficient (Wildman–Crippen LogP) is 5.35. The van der Waals surface area contributed by atoms with Crippen LogP contribution >= 0.6 is 12.2 Å². The van der Waals surface area contributed by atoms with E-state index in [1.807, 2.05) is 42.6 Å². The lowest BCUT2D eigenvalue weighted by Gasteiger charge is -2.27. The van der Waals surface area contributed by atoms with Crippen LogP contribution < -0.4 is 10.6 Å². The molecule has 2 atom stereocenters. The van der Waals surface area contributed by atoms with E-state index in [0.29, 0.717) is 0 Å². The molecule has 5 rings (SSSR count). The molecule has 6 heteroatoms. The molecule has 0 unspecified atom stereocenters. The van der Waals surface area contributed by atoms with E-state index in [4.69, 9.17) is 12.2 Å². The highest BCUT2D eigenvalue weighted by atomic mass is 32.1. The van der Waals surface area contributed by atoms with Crippen LogP contribution in [-0.2, 0) is 0 Å². The van der Waals surface area contributed by atoms with Crippen molar-refractivity contribution in [3.63, 3.8) is 0 Å². The van der Waals surface area contributed by atoms with Crippen LogP contribution in [0.4, 0.5) is 5.69 Å². The van der Waals surface area contributed by atoms with Gasteiger partial charge in [0.05, 0.1) is 17.8 Å². The fourth-order valence-corrected chi connectivity index (χ4v) is 4.73. The van der Waals surface area contributed by atoms with E-state index in [1.54, 1.807) is 0 Å². The molecule has 1 aliphatic heterocycles. The first-order valence-electron chi connectivity index (χ1n) is 11.3. The van der Waals surface area contributed by atoms with Gasteiger partial charge in [0.1, 0.15) is 0 Å². The van der Waals surface area contributed by atoms with Crippen molar-refractivity contribution in [1.29, 1.82) is 0 Å². The van der Waals surface area contributed by atoms with Gasteiger partial charge in [0.2, 0.25) is 0 Å². The van der Waals surface area contributed by atoms with Crippen LogP contribution in [0.2, 0.25) is 0 Å². The summed E-state index contributed by atoms with van der Waals surface area (Å²) in [6.07, 6.45) is 7.15. The molecule has 0 saturated carbocycles. The molecule has 0 spiro atoms. The fraction of sp³-hybridized carbons (Fsp3) is 0.185. The molecule has 2 aromatic carbocycles. The zero-order valence-corrected chi connectivity index (χ0v) is 19.2. The molecule has 0 amide bonds. The molecule has 33 heavy (non-hydrogen) atoms. The first kappa shape index (κ1) is 21.2. The van der Waals surface area contributed by atoms with Gasteiger partial charge >= 0.3 is 0 Å². The van der Waals surface area contributed by atoms with E-state index >= 15 is 0 Å². The van der Waals surface area contributed by atoms with Crippen LogP contribution in [0, 0.1) is 0 Å². The van der Waals surface area contributed by atoms with Crippen LogP contribution in [0.25, 0.3) is 5.69 Å². The minimum atomic E-state index is 0.00686. The maximum atomic E-state index is 5.80. The number of para-hydroxylation sites is 2. The van der Waals surface area contributed by atoms with Gasteiger partial charge in [0.25, 0.3) is 0 Å². The molecule has 166 valence electrons. The van der Waals surface area contributed by atoms with Gasteiger partial charge in [-0.1, -0.05) is 42.5 Å². The Hall–Kier alpha value is -3.64. The second kappa shape index (κ2) is 9.88. The molecule has 1 fully saturated rings. The summed E-state index contributed by atoms with van der Waals surface area (Å²) < 4.78 is 2.17. The summed E-state index contributed by atoms with van der Waals surface area (Å²) in [5, 5.41) is 7.82. The lowest BCUT2D eigenvalue weighted by atomic mass is 9.99. The third kappa shape index (κ3) is 4.76. The highest BCUT2D eigenvalue weighted by Gasteiger charge is 2.39. The summed E-state index contributed by atoms with van der Waals surface area (Å²) in [6.45, 7) is 1.74. The third-order valence-corrected chi connectivity index (χ3v) is 6.34. The molecular weight excluding hydrogens is 426 g/mol. The number of aromatic nitrogens is 2. The SMILES string of the molecule is S=C1N[C@H](c2ccccn2)[C@@H](c2ccn(-c3ccccc3)c2)N1CCCNc1ccccc1. The molecule has 4 aromatic rings. The second-order valence-corrected chi connectivity index (χ2v) is 8.54. The highest BCUT2D eigenvalue weighted by Crippen LogP contribution is 2.39. The Bertz CT molecular complexity index is 1180. The highest BCUT2D eigenvalue weighted by molar-refractivity contribution is 7.80. The normalized spacial score (nSPS) is 17.7.